The third kappa shape index (κ3) is 7.95. The Hall–Kier alpha value is -4.08. The highest BCUT2D eigenvalue weighted by Gasteiger charge is 2.22. The van der Waals surface area contributed by atoms with Crippen LogP contribution < -0.4 is 25.6 Å². The molecular formula is C30H37N5O4. The summed E-state index contributed by atoms with van der Waals surface area (Å²) in [5, 5.41) is 8.64. The van der Waals surface area contributed by atoms with Gasteiger partial charge in [-0.05, 0) is 42.3 Å². The number of ether oxygens (including phenoxy) is 2. The van der Waals surface area contributed by atoms with Gasteiger partial charge in [-0.1, -0.05) is 42.5 Å². The van der Waals surface area contributed by atoms with Crippen molar-refractivity contribution >= 4 is 29.0 Å². The highest BCUT2D eigenvalue weighted by atomic mass is 16.5. The monoisotopic (exact) mass is 531 g/mol. The highest BCUT2D eigenvalue weighted by molar-refractivity contribution is 6.04. The second-order valence-corrected chi connectivity index (χ2v) is 9.36. The average molecular weight is 532 g/mol. The van der Waals surface area contributed by atoms with Crippen molar-refractivity contribution in [2.75, 3.05) is 69.1 Å². The van der Waals surface area contributed by atoms with Crippen molar-refractivity contribution in [2.24, 2.45) is 0 Å². The standard InChI is InChI=1S/C30H37N5O4/c1-38-20-8-15-31-29(36)25-21-24(32-30(37)33-26-11-6-7-12-28(26)39-2)13-14-27(25)35-18-16-34(17-19-35)22-23-9-4-3-5-10-23/h3-7,9-14,21H,8,15-20,22H2,1-2H3,(H,31,36)(H2,32,33,37). The summed E-state index contributed by atoms with van der Waals surface area (Å²) in [5.74, 6) is 0.382. The van der Waals surface area contributed by atoms with Gasteiger partial charge in [0.05, 0.1) is 18.4 Å². The minimum Gasteiger partial charge on any atom is -0.495 e. The number of para-hydroxylation sites is 2. The van der Waals surface area contributed by atoms with E-state index in [0.717, 1.165) is 44.8 Å². The molecule has 0 spiro atoms. The van der Waals surface area contributed by atoms with Crippen LogP contribution in [0.1, 0.15) is 22.3 Å². The van der Waals surface area contributed by atoms with Crippen LogP contribution in [0.3, 0.4) is 0 Å². The minimum absolute atomic E-state index is 0.179. The molecule has 1 aliphatic rings. The molecule has 3 aromatic rings. The van der Waals surface area contributed by atoms with Gasteiger partial charge in [0.2, 0.25) is 0 Å². The van der Waals surface area contributed by atoms with Crippen molar-refractivity contribution < 1.29 is 19.1 Å². The number of rotatable bonds is 11. The molecule has 1 heterocycles. The summed E-state index contributed by atoms with van der Waals surface area (Å²) in [6.45, 7) is 5.38. The SMILES string of the molecule is COCCCNC(=O)c1cc(NC(=O)Nc2ccccc2OC)ccc1N1CCN(Cc2ccccc2)CC1. The van der Waals surface area contributed by atoms with Crippen molar-refractivity contribution in [1.82, 2.24) is 10.2 Å². The van der Waals surface area contributed by atoms with Gasteiger partial charge < -0.3 is 30.3 Å². The molecule has 0 bridgehead atoms. The van der Waals surface area contributed by atoms with Crippen molar-refractivity contribution in [3.05, 3.63) is 83.9 Å². The summed E-state index contributed by atoms with van der Waals surface area (Å²) in [7, 11) is 3.19. The fourth-order valence-electron chi connectivity index (χ4n) is 4.61. The summed E-state index contributed by atoms with van der Waals surface area (Å²) in [5.41, 5.74) is 3.76. The second kappa shape index (κ2) is 14.2. The van der Waals surface area contributed by atoms with E-state index < -0.39 is 6.03 Å². The van der Waals surface area contributed by atoms with Crippen LogP contribution in [0.5, 0.6) is 5.75 Å². The Morgan fingerprint density at radius 3 is 2.36 bits per heavy atom. The van der Waals surface area contributed by atoms with E-state index in [1.807, 2.05) is 30.3 Å². The van der Waals surface area contributed by atoms with Gasteiger partial charge in [-0.15, -0.1) is 0 Å². The van der Waals surface area contributed by atoms with Crippen LogP contribution in [0.25, 0.3) is 0 Å². The zero-order valence-corrected chi connectivity index (χ0v) is 22.6. The number of amides is 3. The van der Waals surface area contributed by atoms with Crippen molar-refractivity contribution in [2.45, 2.75) is 13.0 Å². The molecule has 1 saturated heterocycles. The lowest BCUT2D eigenvalue weighted by Crippen LogP contribution is -2.46. The molecule has 9 nitrogen and oxygen atoms in total. The Morgan fingerprint density at radius 1 is 0.872 bits per heavy atom. The first kappa shape index (κ1) is 27.9. The van der Waals surface area contributed by atoms with Gasteiger partial charge in [-0.25, -0.2) is 4.79 Å². The zero-order valence-electron chi connectivity index (χ0n) is 22.6. The van der Waals surface area contributed by atoms with Crippen LogP contribution in [0.15, 0.2) is 72.8 Å². The first-order chi connectivity index (χ1) is 19.1. The van der Waals surface area contributed by atoms with Crippen LogP contribution in [-0.4, -0.2) is 70.4 Å². The molecule has 3 aromatic carbocycles. The number of benzene rings is 3. The predicted octanol–water partition coefficient (Wildman–Crippen LogP) is 4.43. The Labute approximate surface area is 230 Å². The van der Waals surface area contributed by atoms with Gasteiger partial charge in [0.25, 0.3) is 5.91 Å². The fourth-order valence-corrected chi connectivity index (χ4v) is 4.61. The highest BCUT2D eigenvalue weighted by Crippen LogP contribution is 2.27. The Morgan fingerprint density at radius 2 is 1.62 bits per heavy atom. The number of hydrogen-bond acceptors (Lipinski definition) is 6. The van der Waals surface area contributed by atoms with E-state index in [2.05, 4.69) is 50.0 Å². The van der Waals surface area contributed by atoms with E-state index in [1.165, 1.54) is 5.56 Å². The maximum Gasteiger partial charge on any atom is 0.323 e. The molecule has 0 aliphatic carbocycles. The molecule has 206 valence electrons. The number of methoxy groups -OCH3 is 2. The van der Waals surface area contributed by atoms with Crippen molar-refractivity contribution in [1.29, 1.82) is 0 Å². The molecular weight excluding hydrogens is 494 g/mol. The molecule has 0 unspecified atom stereocenters. The van der Waals surface area contributed by atoms with Crippen molar-refractivity contribution in [3.63, 3.8) is 0 Å². The van der Waals surface area contributed by atoms with Gasteiger partial charge in [0.15, 0.2) is 0 Å². The zero-order chi connectivity index (χ0) is 27.5. The second-order valence-electron chi connectivity index (χ2n) is 9.36. The van der Waals surface area contributed by atoms with Gasteiger partial charge >= 0.3 is 6.03 Å². The largest absolute Gasteiger partial charge is 0.495 e. The van der Waals surface area contributed by atoms with Crippen LogP contribution in [0.4, 0.5) is 21.9 Å². The molecule has 3 N–H and O–H groups in total. The summed E-state index contributed by atoms with van der Waals surface area (Å²) in [6, 6.07) is 22.7. The van der Waals surface area contributed by atoms with Gasteiger partial charge in [-0.3, -0.25) is 9.69 Å². The molecule has 0 radical (unpaired) electrons. The maximum absolute atomic E-state index is 13.3. The lowest BCUT2D eigenvalue weighted by atomic mass is 10.1. The van der Waals surface area contributed by atoms with E-state index in [1.54, 1.807) is 32.4 Å². The van der Waals surface area contributed by atoms with Gasteiger partial charge in [-0.2, -0.15) is 0 Å². The molecule has 0 aromatic heterocycles. The van der Waals surface area contributed by atoms with E-state index in [0.29, 0.717) is 35.8 Å². The van der Waals surface area contributed by atoms with Gasteiger partial charge in [0, 0.05) is 64.4 Å². The van der Waals surface area contributed by atoms with Crippen molar-refractivity contribution in [3.8, 4) is 5.75 Å². The fraction of sp³-hybridized carbons (Fsp3) is 0.333. The Balaban J connectivity index is 1.46. The minimum atomic E-state index is -0.423. The maximum atomic E-state index is 13.3. The van der Waals surface area contributed by atoms with E-state index in [9.17, 15) is 9.59 Å². The number of nitrogens with one attached hydrogen (secondary N) is 3. The summed E-state index contributed by atoms with van der Waals surface area (Å²) >= 11 is 0. The van der Waals surface area contributed by atoms with E-state index >= 15 is 0 Å². The molecule has 0 saturated carbocycles. The van der Waals surface area contributed by atoms with Crippen LogP contribution in [0, 0.1) is 0 Å². The van der Waals surface area contributed by atoms with Gasteiger partial charge in [0.1, 0.15) is 5.75 Å². The van der Waals surface area contributed by atoms with E-state index in [-0.39, 0.29) is 5.91 Å². The number of anilines is 3. The third-order valence-corrected chi connectivity index (χ3v) is 6.63. The molecule has 3 amide bonds. The summed E-state index contributed by atoms with van der Waals surface area (Å²) in [4.78, 5) is 30.7. The van der Waals surface area contributed by atoms with Crippen LogP contribution in [-0.2, 0) is 11.3 Å². The molecule has 0 atom stereocenters. The normalized spacial score (nSPS) is 13.5. The smallest absolute Gasteiger partial charge is 0.323 e. The summed E-state index contributed by atoms with van der Waals surface area (Å²) in [6.07, 6.45) is 0.717. The van der Waals surface area contributed by atoms with E-state index in [4.69, 9.17) is 9.47 Å². The lowest BCUT2D eigenvalue weighted by molar-refractivity contribution is 0.0949. The number of carbonyl (C=O) groups excluding carboxylic acids is 2. The van der Waals surface area contributed by atoms with Crippen LogP contribution in [0.2, 0.25) is 0 Å². The van der Waals surface area contributed by atoms with Crippen LogP contribution >= 0.6 is 0 Å². The lowest BCUT2D eigenvalue weighted by Gasteiger charge is -2.37. The molecule has 1 aliphatic heterocycles. The molecule has 39 heavy (non-hydrogen) atoms. The Bertz CT molecular complexity index is 1230. The number of piperazine rings is 1. The predicted molar refractivity (Wildman–Crippen MR) is 155 cm³/mol. The first-order valence-electron chi connectivity index (χ1n) is 13.2. The Kier molecular flexibility index (Phi) is 10.2. The number of urea groups is 1. The molecule has 9 heteroatoms. The number of hydrogen-bond donors (Lipinski definition) is 3. The first-order valence-corrected chi connectivity index (χ1v) is 13.2. The molecule has 4 rings (SSSR count). The topological polar surface area (TPSA) is 95.2 Å². The number of nitrogens with zero attached hydrogens (tertiary/aromatic N) is 2. The average Bonchev–Trinajstić information content (AvgIpc) is 2.96. The third-order valence-electron chi connectivity index (χ3n) is 6.63. The molecule has 1 fully saturated rings. The quantitative estimate of drug-likeness (QED) is 0.317. The summed E-state index contributed by atoms with van der Waals surface area (Å²) < 4.78 is 10.4. The number of carbonyl (C=O) groups is 2.